The highest BCUT2D eigenvalue weighted by molar-refractivity contribution is 5.72. The fourth-order valence-corrected chi connectivity index (χ4v) is 5.42. The Morgan fingerprint density at radius 2 is 1.79 bits per heavy atom. The second kappa shape index (κ2) is 14.1. The Morgan fingerprint density at radius 1 is 1.09 bits per heavy atom. The van der Waals surface area contributed by atoms with Gasteiger partial charge >= 0.3 is 5.97 Å². The van der Waals surface area contributed by atoms with Gasteiger partial charge in [-0.3, -0.25) is 4.79 Å². The normalized spacial score (nSPS) is 25.7. The number of rotatable bonds is 10. The minimum absolute atomic E-state index is 0.0131. The van der Waals surface area contributed by atoms with Gasteiger partial charge in [0.15, 0.2) is 5.83 Å². The summed E-state index contributed by atoms with van der Waals surface area (Å²) < 4.78 is 18.7. The van der Waals surface area contributed by atoms with Crippen molar-refractivity contribution in [2.75, 3.05) is 0 Å². The van der Waals surface area contributed by atoms with Crippen LogP contribution in [0.4, 0.5) is 4.39 Å². The highest BCUT2D eigenvalue weighted by Crippen LogP contribution is 2.36. The van der Waals surface area contributed by atoms with E-state index in [9.17, 15) is 9.18 Å². The molecule has 1 aromatic carbocycles. The third-order valence-electron chi connectivity index (χ3n) is 7.63. The number of benzene rings is 1. The highest BCUT2D eigenvalue weighted by Gasteiger charge is 2.30. The number of halogens is 1. The summed E-state index contributed by atoms with van der Waals surface area (Å²) in [5, 5.41) is 8.39. The lowest BCUT2D eigenvalue weighted by Crippen LogP contribution is -2.29. The molecule has 0 heterocycles. The molecule has 3 nitrogen and oxygen atoms in total. The van der Waals surface area contributed by atoms with Crippen molar-refractivity contribution in [3.8, 4) is 6.07 Å². The molecular weight excluding hydrogens is 425 g/mol. The van der Waals surface area contributed by atoms with E-state index in [1.54, 1.807) is 6.08 Å². The van der Waals surface area contributed by atoms with Gasteiger partial charge in [-0.1, -0.05) is 49.8 Å². The molecule has 184 valence electrons. The number of unbranched alkanes of at least 4 members (excludes halogenated alkanes) is 1. The monoisotopic (exact) mass is 465 g/mol. The molecule has 0 amide bonds. The number of carbonyl (C=O) groups is 1. The zero-order chi connectivity index (χ0) is 24.2. The van der Waals surface area contributed by atoms with Crippen molar-refractivity contribution in [2.24, 2.45) is 11.8 Å². The summed E-state index contributed by atoms with van der Waals surface area (Å²) in [4.78, 5) is 12.7. The summed E-state index contributed by atoms with van der Waals surface area (Å²) in [5.41, 5.74) is 2.87. The molecule has 0 unspecified atom stereocenters. The smallest absolute Gasteiger partial charge is 0.309 e. The SMILES string of the molecule is CCCCc1ccc(C2CCC(OC(=O)C3CCC(CCC=CC=C(F)C#N)CC3)CC2)cc1. The lowest BCUT2D eigenvalue weighted by molar-refractivity contribution is -0.157. The Hall–Kier alpha value is -2.41. The molecule has 2 fully saturated rings. The molecule has 0 aromatic heterocycles. The van der Waals surface area contributed by atoms with Gasteiger partial charge in [0.1, 0.15) is 12.2 Å². The van der Waals surface area contributed by atoms with E-state index in [4.69, 9.17) is 10.00 Å². The minimum Gasteiger partial charge on any atom is -0.462 e. The van der Waals surface area contributed by atoms with Crippen LogP contribution < -0.4 is 0 Å². The maximum Gasteiger partial charge on any atom is 0.309 e. The number of esters is 1. The fourth-order valence-electron chi connectivity index (χ4n) is 5.42. The van der Waals surface area contributed by atoms with E-state index in [0.29, 0.717) is 11.8 Å². The Balaban J connectivity index is 1.33. The van der Waals surface area contributed by atoms with Crippen molar-refractivity contribution in [2.45, 2.75) is 102 Å². The number of hydrogen-bond acceptors (Lipinski definition) is 3. The average Bonchev–Trinajstić information content (AvgIpc) is 2.88. The van der Waals surface area contributed by atoms with Crippen LogP contribution >= 0.6 is 0 Å². The zero-order valence-corrected chi connectivity index (χ0v) is 20.7. The summed E-state index contributed by atoms with van der Waals surface area (Å²) in [7, 11) is 0. The molecule has 2 saturated carbocycles. The molecule has 0 atom stereocenters. The first-order valence-corrected chi connectivity index (χ1v) is 13.3. The summed E-state index contributed by atoms with van der Waals surface area (Å²) in [6, 6.07) is 10.6. The summed E-state index contributed by atoms with van der Waals surface area (Å²) in [6.07, 6.45) is 18.4. The first-order chi connectivity index (χ1) is 16.6. The van der Waals surface area contributed by atoms with Crippen LogP contribution in [-0.4, -0.2) is 12.1 Å². The van der Waals surface area contributed by atoms with Gasteiger partial charge in [0.05, 0.1) is 5.92 Å². The Morgan fingerprint density at radius 3 is 2.44 bits per heavy atom. The first kappa shape index (κ1) is 26.2. The summed E-state index contributed by atoms with van der Waals surface area (Å²) >= 11 is 0. The largest absolute Gasteiger partial charge is 0.462 e. The molecule has 2 aliphatic rings. The van der Waals surface area contributed by atoms with Gasteiger partial charge in [0.25, 0.3) is 0 Å². The number of hydrogen-bond donors (Lipinski definition) is 0. The maximum atomic E-state index is 12.7. The minimum atomic E-state index is -0.764. The van der Waals surface area contributed by atoms with Gasteiger partial charge in [-0.15, -0.1) is 0 Å². The second-order valence-electron chi connectivity index (χ2n) is 10.1. The second-order valence-corrected chi connectivity index (χ2v) is 10.1. The third-order valence-corrected chi connectivity index (χ3v) is 7.63. The van der Waals surface area contributed by atoms with Crippen LogP contribution in [0.2, 0.25) is 0 Å². The van der Waals surface area contributed by atoms with Crippen molar-refractivity contribution in [1.82, 2.24) is 0 Å². The Bertz CT molecular complexity index is 851. The van der Waals surface area contributed by atoms with Crippen molar-refractivity contribution < 1.29 is 13.9 Å². The molecule has 34 heavy (non-hydrogen) atoms. The number of aryl methyl sites for hydroxylation is 1. The molecule has 0 spiro atoms. The number of ether oxygens (including phenoxy) is 1. The number of nitrogens with zero attached hydrogens (tertiary/aromatic N) is 1. The molecule has 3 rings (SSSR count). The van der Waals surface area contributed by atoms with E-state index < -0.39 is 5.83 Å². The van der Waals surface area contributed by atoms with Crippen molar-refractivity contribution >= 4 is 5.97 Å². The lowest BCUT2D eigenvalue weighted by atomic mass is 9.79. The van der Waals surface area contributed by atoms with Gasteiger partial charge in [-0.05, 0) is 106 Å². The quantitative estimate of drug-likeness (QED) is 0.199. The average molecular weight is 466 g/mol. The Labute approximate surface area is 205 Å². The molecule has 0 aliphatic heterocycles. The number of carbonyl (C=O) groups excluding carboxylic acids is 1. The van der Waals surface area contributed by atoms with E-state index in [-0.39, 0.29) is 18.0 Å². The van der Waals surface area contributed by atoms with E-state index in [0.717, 1.165) is 64.2 Å². The Kier molecular flexibility index (Phi) is 10.9. The summed E-state index contributed by atoms with van der Waals surface area (Å²) in [5.74, 6) is 0.501. The van der Waals surface area contributed by atoms with Crippen LogP contribution in [0.1, 0.15) is 101 Å². The standard InChI is InChI=1S/C30H40FNO2/c1-2-3-7-23-10-14-25(15-11-23)26-18-20-29(21-19-26)34-30(33)27-16-12-24(13-17-27)8-5-4-6-9-28(31)22-32/h4,6,9-11,14-15,24,26-27,29H,2-3,5,7-8,12-13,16-21H2,1H3. The molecular formula is C30H40FNO2. The third kappa shape index (κ3) is 8.42. The molecule has 4 heteroatoms. The van der Waals surface area contributed by atoms with Gasteiger partial charge < -0.3 is 4.74 Å². The lowest BCUT2D eigenvalue weighted by Gasteiger charge is -2.31. The number of nitriles is 1. The van der Waals surface area contributed by atoms with Crippen molar-refractivity contribution in [3.05, 3.63) is 59.4 Å². The summed E-state index contributed by atoms with van der Waals surface area (Å²) in [6.45, 7) is 2.23. The molecule has 0 saturated heterocycles. The fraction of sp³-hybridized carbons (Fsp3) is 0.600. The van der Waals surface area contributed by atoms with Crippen LogP contribution in [0.5, 0.6) is 0 Å². The molecule has 0 bridgehead atoms. The molecule has 0 N–H and O–H groups in total. The topological polar surface area (TPSA) is 50.1 Å². The number of allylic oxidation sites excluding steroid dienone is 4. The van der Waals surface area contributed by atoms with E-state index in [2.05, 4.69) is 31.2 Å². The maximum absolute atomic E-state index is 12.7. The molecule has 2 aliphatic carbocycles. The van der Waals surface area contributed by atoms with Crippen LogP contribution in [0.15, 0.2) is 48.3 Å². The van der Waals surface area contributed by atoms with E-state index in [1.807, 2.05) is 6.08 Å². The predicted molar refractivity (Wildman–Crippen MR) is 135 cm³/mol. The predicted octanol–water partition coefficient (Wildman–Crippen LogP) is 8.12. The van der Waals surface area contributed by atoms with Gasteiger partial charge in [0.2, 0.25) is 0 Å². The van der Waals surface area contributed by atoms with E-state index in [1.165, 1.54) is 42.5 Å². The first-order valence-electron chi connectivity index (χ1n) is 13.3. The van der Waals surface area contributed by atoms with Crippen LogP contribution in [0, 0.1) is 23.2 Å². The van der Waals surface area contributed by atoms with Gasteiger partial charge in [-0.25, -0.2) is 0 Å². The molecule has 1 aromatic rings. The molecule has 0 radical (unpaired) electrons. The van der Waals surface area contributed by atoms with Gasteiger partial charge in [-0.2, -0.15) is 9.65 Å². The van der Waals surface area contributed by atoms with Gasteiger partial charge in [0, 0.05) is 0 Å². The highest BCUT2D eigenvalue weighted by atomic mass is 19.1. The van der Waals surface area contributed by atoms with Crippen molar-refractivity contribution in [1.29, 1.82) is 5.26 Å². The van der Waals surface area contributed by atoms with Crippen LogP contribution in [-0.2, 0) is 16.0 Å². The van der Waals surface area contributed by atoms with E-state index >= 15 is 0 Å². The zero-order valence-electron chi connectivity index (χ0n) is 20.7. The van der Waals surface area contributed by atoms with Crippen molar-refractivity contribution in [3.63, 3.8) is 0 Å². The van der Waals surface area contributed by atoms with Crippen LogP contribution in [0.3, 0.4) is 0 Å². The van der Waals surface area contributed by atoms with Crippen LogP contribution in [0.25, 0.3) is 0 Å².